The summed E-state index contributed by atoms with van der Waals surface area (Å²) in [6.07, 6.45) is 2.08. The molecule has 0 aliphatic heterocycles. The van der Waals surface area contributed by atoms with E-state index in [-0.39, 0.29) is 0 Å². The molecule has 0 heterocycles. The van der Waals surface area contributed by atoms with Gasteiger partial charge in [-0.05, 0) is 35.5 Å². The minimum Gasteiger partial charge on any atom is -0.125 e. The standard InChI is InChI=1S/C16H20/c1-7-14(11(3)4)13(6)16-10-9-12(5)15(16)8-2/h11,16H,1-2,5-6,9-10H2,3-4H3. The molecule has 0 saturated heterocycles. The molecule has 0 N–H and O–H groups in total. The van der Waals surface area contributed by atoms with Crippen molar-refractivity contribution in [1.29, 1.82) is 0 Å². The Morgan fingerprint density at radius 1 is 1.38 bits per heavy atom. The molecule has 0 aromatic rings. The van der Waals surface area contributed by atoms with Gasteiger partial charge in [0.05, 0.1) is 0 Å². The molecule has 1 aliphatic rings. The molecular weight excluding hydrogens is 192 g/mol. The van der Waals surface area contributed by atoms with Crippen LogP contribution in [0.15, 0.2) is 60.1 Å². The zero-order valence-electron chi connectivity index (χ0n) is 10.4. The average Bonchev–Trinajstić information content (AvgIpc) is 2.59. The number of allylic oxidation sites excluding steroid dienone is 4. The molecule has 0 aromatic carbocycles. The van der Waals surface area contributed by atoms with E-state index >= 15 is 0 Å². The van der Waals surface area contributed by atoms with Crippen molar-refractivity contribution in [1.82, 2.24) is 0 Å². The van der Waals surface area contributed by atoms with E-state index in [9.17, 15) is 0 Å². The maximum absolute atomic E-state index is 4.19. The SMILES string of the molecule is C=C=C(C(=C)C1CCC(=C)C1=C=C)C(C)C. The van der Waals surface area contributed by atoms with Crippen LogP contribution in [-0.4, -0.2) is 0 Å². The number of hydrogen-bond acceptors (Lipinski definition) is 0. The van der Waals surface area contributed by atoms with Crippen molar-refractivity contribution in [3.05, 3.63) is 60.1 Å². The molecule has 1 fully saturated rings. The van der Waals surface area contributed by atoms with E-state index in [1.54, 1.807) is 0 Å². The molecule has 0 radical (unpaired) electrons. The molecule has 0 aromatic heterocycles. The molecule has 16 heavy (non-hydrogen) atoms. The van der Waals surface area contributed by atoms with Crippen LogP contribution in [0.25, 0.3) is 0 Å². The smallest absolute Gasteiger partial charge is 0.0171 e. The van der Waals surface area contributed by atoms with Gasteiger partial charge in [0.1, 0.15) is 0 Å². The van der Waals surface area contributed by atoms with Gasteiger partial charge in [0, 0.05) is 11.5 Å². The minimum atomic E-state index is 0.316. The molecule has 1 unspecified atom stereocenters. The Labute approximate surface area is 99.1 Å². The summed E-state index contributed by atoms with van der Waals surface area (Å²) in [7, 11) is 0. The fourth-order valence-corrected chi connectivity index (χ4v) is 2.32. The highest BCUT2D eigenvalue weighted by Crippen LogP contribution is 2.41. The third-order valence-corrected chi connectivity index (χ3v) is 3.19. The van der Waals surface area contributed by atoms with E-state index in [0.29, 0.717) is 11.8 Å². The summed E-state index contributed by atoms with van der Waals surface area (Å²) in [6, 6.07) is 0. The van der Waals surface area contributed by atoms with Crippen molar-refractivity contribution < 1.29 is 0 Å². The Morgan fingerprint density at radius 2 is 2.00 bits per heavy atom. The lowest BCUT2D eigenvalue weighted by Crippen LogP contribution is -2.06. The van der Waals surface area contributed by atoms with Crippen LogP contribution in [0.4, 0.5) is 0 Å². The molecule has 1 atom stereocenters. The van der Waals surface area contributed by atoms with Crippen LogP contribution < -0.4 is 0 Å². The normalized spacial score (nSPS) is 19.6. The van der Waals surface area contributed by atoms with Gasteiger partial charge >= 0.3 is 0 Å². The summed E-state index contributed by atoms with van der Waals surface area (Å²) in [5, 5.41) is 0. The predicted molar refractivity (Wildman–Crippen MR) is 71.1 cm³/mol. The highest BCUT2D eigenvalue weighted by Gasteiger charge is 2.28. The average molecular weight is 212 g/mol. The quantitative estimate of drug-likeness (QED) is 0.474. The first-order valence-corrected chi connectivity index (χ1v) is 5.70. The van der Waals surface area contributed by atoms with Crippen LogP contribution in [-0.2, 0) is 0 Å². The molecule has 0 spiro atoms. The fraction of sp³-hybridized carbons (Fsp3) is 0.375. The molecule has 1 rings (SSSR count). The second-order valence-electron chi connectivity index (χ2n) is 4.56. The molecule has 1 saturated carbocycles. The Morgan fingerprint density at radius 3 is 2.44 bits per heavy atom. The largest absolute Gasteiger partial charge is 0.125 e. The van der Waals surface area contributed by atoms with Gasteiger partial charge in [-0.2, -0.15) is 0 Å². The monoisotopic (exact) mass is 212 g/mol. The van der Waals surface area contributed by atoms with E-state index in [4.69, 9.17) is 0 Å². The van der Waals surface area contributed by atoms with Crippen LogP contribution >= 0.6 is 0 Å². The Hall–Kier alpha value is -1.48. The molecule has 0 bridgehead atoms. The Balaban J connectivity index is 3.04. The molecule has 84 valence electrons. The zero-order valence-corrected chi connectivity index (χ0v) is 10.4. The van der Waals surface area contributed by atoms with Crippen LogP contribution in [0.1, 0.15) is 26.7 Å². The lowest BCUT2D eigenvalue weighted by molar-refractivity contribution is 0.687. The molecule has 1 aliphatic carbocycles. The van der Waals surface area contributed by atoms with Crippen LogP contribution in [0.2, 0.25) is 0 Å². The van der Waals surface area contributed by atoms with Gasteiger partial charge in [0.2, 0.25) is 0 Å². The molecule has 0 amide bonds. The lowest BCUT2D eigenvalue weighted by atomic mass is 9.85. The summed E-state index contributed by atoms with van der Waals surface area (Å²) in [5.41, 5.74) is 10.5. The van der Waals surface area contributed by atoms with Gasteiger partial charge in [0.15, 0.2) is 0 Å². The van der Waals surface area contributed by atoms with Crippen molar-refractivity contribution >= 4 is 0 Å². The van der Waals surface area contributed by atoms with Gasteiger partial charge in [-0.15, -0.1) is 11.5 Å². The lowest BCUT2D eigenvalue weighted by Gasteiger charge is -2.18. The third kappa shape index (κ3) is 2.19. The van der Waals surface area contributed by atoms with Crippen molar-refractivity contribution in [3.8, 4) is 0 Å². The van der Waals surface area contributed by atoms with Crippen molar-refractivity contribution in [2.75, 3.05) is 0 Å². The van der Waals surface area contributed by atoms with Gasteiger partial charge in [-0.3, -0.25) is 0 Å². The zero-order chi connectivity index (χ0) is 12.3. The first kappa shape index (κ1) is 12.6. The van der Waals surface area contributed by atoms with Gasteiger partial charge in [-0.1, -0.05) is 40.2 Å². The van der Waals surface area contributed by atoms with E-state index in [2.05, 4.69) is 51.6 Å². The molecule has 0 heteroatoms. The first-order valence-electron chi connectivity index (χ1n) is 5.70. The van der Waals surface area contributed by atoms with Gasteiger partial charge in [0.25, 0.3) is 0 Å². The summed E-state index contributed by atoms with van der Waals surface area (Å²) in [4.78, 5) is 0. The molecule has 0 nitrogen and oxygen atoms in total. The van der Waals surface area contributed by atoms with Crippen molar-refractivity contribution in [2.45, 2.75) is 26.7 Å². The van der Waals surface area contributed by atoms with Crippen LogP contribution in [0, 0.1) is 11.8 Å². The summed E-state index contributed by atoms with van der Waals surface area (Å²) >= 11 is 0. The fourth-order valence-electron chi connectivity index (χ4n) is 2.32. The maximum Gasteiger partial charge on any atom is 0.0171 e. The highest BCUT2D eigenvalue weighted by molar-refractivity contribution is 5.45. The summed E-state index contributed by atoms with van der Waals surface area (Å²) in [6.45, 7) is 20.0. The van der Waals surface area contributed by atoms with Crippen molar-refractivity contribution in [2.24, 2.45) is 11.8 Å². The van der Waals surface area contributed by atoms with E-state index < -0.39 is 0 Å². The highest BCUT2D eigenvalue weighted by atomic mass is 14.3. The third-order valence-electron chi connectivity index (χ3n) is 3.19. The van der Waals surface area contributed by atoms with Gasteiger partial charge in [-0.25, -0.2) is 0 Å². The molecular formula is C16H20. The number of hydrogen-bond donors (Lipinski definition) is 0. The second kappa shape index (κ2) is 5.03. The number of rotatable bonds is 3. The van der Waals surface area contributed by atoms with E-state index in [0.717, 1.165) is 35.1 Å². The summed E-state index contributed by atoms with van der Waals surface area (Å²) < 4.78 is 0. The Bertz CT molecular complexity index is 419. The predicted octanol–water partition coefficient (Wildman–Crippen LogP) is 4.59. The van der Waals surface area contributed by atoms with E-state index in [1.807, 2.05) is 0 Å². The topological polar surface area (TPSA) is 0 Å². The summed E-state index contributed by atoms with van der Waals surface area (Å²) in [5.74, 6) is 0.724. The van der Waals surface area contributed by atoms with Gasteiger partial charge < -0.3 is 0 Å². The Kier molecular flexibility index (Phi) is 3.96. The second-order valence-corrected chi connectivity index (χ2v) is 4.56. The van der Waals surface area contributed by atoms with Crippen LogP contribution in [0.3, 0.4) is 0 Å². The van der Waals surface area contributed by atoms with E-state index in [1.165, 1.54) is 0 Å². The maximum atomic E-state index is 4.19. The minimum absolute atomic E-state index is 0.316. The van der Waals surface area contributed by atoms with Crippen molar-refractivity contribution in [3.63, 3.8) is 0 Å². The first-order chi connectivity index (χ1) is 7.52. The van der Waals surface area contributed by atoms with Crippen LogP contribution in [0.5, 0.6) is 0 Å².